The molecule has 2 aromatic carbocycles. The lowest BCUT2D eigenvalue weighted by atomic mass is 10.1. The van der Waals surface area contributed by atoms with E-state index in [4.69, 9.17) is 9.84 Å². The Labute approximate surface area is 191 Å². The maximum atomic E-state index is 11.7. The van der Waals surface area contributed by atoms with Gasteiger partial charge in [-0.25, -0.2) is 9.78 Å². The van der Waals surface area contributed by atoms with Crippen molar-refractivity contribution >= 4 is 17.5 Å². The van der Waals surface area contributed by atoms with Gasteiger partial charge in [-0.15, -0.1) is 0 Å². The normalized spacial score (nSPS) is 10.9. The molecule has 0 aliphatic carbocycles. The summed E-state index contributed by atoms with van der Waals surface area (Å²) in [5.41, 5.74) is 3.60. The van der Waals surface area contributed by atoms with Gasteiger partial charge < -0.3 is 15.2 Å². The van der Waals surface area contributed by atoms with Gasteiger partial charge in [0.25, 0.3) is 0 Å². The van der Waals surface area contributed by atoms with Gasteiger partial charge in [-0.1, -0.05) is 24.3 Å². The molecule has 0 atom stereocenters. The molecule has 33 heavy (non-hydrogen) atoms. The molecule has 2 heterocycles. The van der Waals surface area contributed by atoms with E-state index in [1.54, 1.807) is 35.1 Å². The van der Waals surface area contributed by atoms with Crippen LogP contribution in [0.25, 0.3) is 17.1 Å². The molecule has 0 bridgehead atoms. The highest BCUT2D eigenvalue weighted by molar-refractivity contribution is 5.95. The quantitative estimate of drug-likeness (QED) is 0.406. The van der Waals surface area contributed by atoms with Gasteiger partial charge in [0.1, 0.15) is 11.6 Å². The number of hydrogen-bond donors (Lipinski definition) is 2. The van der Waals surface area contributed by atoms with Crippen LogP contribution in [0.15, 0.2) is 60.8 Å². The van der Waals surface area contributed by atoms with Gasteiger partial charge in [0.15, 0.2) is 5.82 Å². The van der Waals surface area contributed by atoms with E-state index in [0.29, 0.717) is 28.7 Å². The van der Waals surface area contributed by atoms with Crippen molar-refractivity contribution in [2.75, 3.05) is 5.32 Å². The van der Waals surface area contributed by atoms with Crippen molar-refractivity contribution in [3.05, 3.63) is 77.7 Å². The first kappa shape index (κ1) is 22.0. The zero-order chi connectivity index (χ0) is 23.5. The van der Waals surface area contributed by atoms with E-state index in [1.165, 1.54) is 0 Å². The van der Waals surface area contributed by atoms with Crippen molar-refractivity contribution in [1.82, 2.24) is 19.7 Å². The number of nitrogens with zero attached hydrogens (tertiary/aromatic N) is 4. The molecule has 168 valence electrons. The second-order valence-electron chi connectivity index (χ2n) is 7.92. The SMILES string of the molecule is Cc1cnc(C)c(-n2nc(-c3cccc(OC(C)C)c3)cc2Nc2ccccc2C(=O)O)n1. The molecule has 0 aliphatic rings. The Kier molecular flexibility index (Phi) is 6.08. The summed E-state index contributed by atoms with van der Waals surface area (Å²) in [6.07, 6.45) is 1.75. The van der Waals surface area contributed by atoms with Crippen molar-refractivity contribution in [3.63, 3.8) is 0 Å². The summed E-state index contributed by atoms with van der Waals surface area (Å²) >= 11 is 0. The van der Waals surface area contributed by atoms with Crippen LogP contribution in [-0.4, -0.2) is 36.9 Å². The minimum absolute atomic E-state index is 0.0489. The molecule has 0 unspecified atom stereocenters. The molecule has 4 rings (SSSR count). The minimum Gasteiger partial charge on any atom is -0.491 e. The van der Waals surface area contributed by atoms with Crippen LogP contribution < -0.4 is 10.1 Å². The number of para-hydroxylation sites is 1. The number of aromatic carboxylic acids is 1. The van der Waals surface area contributed by atoms with Crippen LogP contribution in [-0.2, 0) is 0 Å². The number of ether oxygens (including phenoxy) is 1. The second-order valence-corrected chi connectivity index (χ2v) is 7.92. The number of aryl methyl sites for hydroxylation is 2. The van der Waals surface area contributed by atoms with Gasteiger partial charge in [-0.3, -0.25) is 4.98 Å². The molecule has 0 amide bonds. The lowest BCUT2D eigenvalue weighted by molar-refractivity contribution is 0.0698. The van der Waals surface area contributed by atoms with E-state index in [9.17, 15) is 9.90 Å². The average molecular weight is 444 g/mol. The fourth-order valence-electron chi connectivity index (χ4n) is 3.42. The highest BCUT2D eigenvalue weighted by Gasteiger charge is 2.18. The number of nitrogens with one attached hydrogen (secondary N) is 1. The van der Waals surface area contributed by atoms with E-state index in [1.807, 2.05) is 58.0 Å². The lowest BCUT2D eigenvalue weighted by Crippen LogP contribution is -2.10. The highest BCUT2D eigenvalue weighted by atomic mass is 16.5. The van der Waals surface area contributed by atoms with Crippen molar-refractivity contribution < 1.29 is 14.6 Å². The molecule has 4 aromatic rings. The second kappa shape index (κ2) is 9.12. The fourth-order valence-corrected chi connectivity index (χ4v) is 3.42. The molecule has 8 heteroatoms. The third kappa shape index (κ3) is 4.85. The third-order valence-corrected chi connectivity index (χ3v) is 4.88. The largest absolute Gasteiger partial charge is 0.491 e. The number of rotatable bonds is 7. The third-order valence-electron chi connectivity index (χ3n) is 4.88. The summed E-state index contributed by atoms with van der Waals surface area (Å²) in [5, 5.41) is 17.6. The van der Waals surface area contributed by atoms with E-state index in [0.717, 1.165) is 17.0 Å². The lowest BCUT2D eigenvalue weighted by Gasteiger charge is -2.12. The maximum Gasteiger partial charge on any atom is 0.337 e. The molecule has 2 aromatic heterocycles. The summed E-state index contributed by atoms with van der Waals surface area (Å²) in [6.45, 7) is 7.67. The van der Waals surface area contributed by atoms with Gasteiger partial charge in [0.05, 0.1) is 34.4 Å². The Morgan fingerprint density at radius 2 is 1.88 bits per heavy atom. The van der Waals surface area contributed by atoms with Crippen LogP contribution in [0.4, 0.5) is 11.5 Å². The van der Waals surface area contributed by atoms with Crippen LogP contribution in [0.2, 0.25) is 0 Å². The summed E-state index contributed by atoms with van der Waals surface area (Å²) in [6, 6.07) is 16.3. The molecular weight excluding hydrogens is 418 g/mol. The Morgan fingerprint density at radius 1 is 1.09 bits per heavy atom. The van der Waals surface area contributed by atoms with Crippen molar-refractivity contribution in [3.8, 4) is 22.8 Å². The van der Waals surface area contributed by atoms with E-state index >= 15 is 0 Å². The number of benzene rings is 2. The number of aromatic nitrogens is 4. The first-order valence-electron chi connectivity index (χ1n) is 10.6. The Morgan fingerprint density at radius 3 is 2.64 bits per heavy atom. The first-order valence-corrected chi connectivity index (χ1v) is 10.6. The van der Waals surface area contributed by atoms with Crippen molar-refractivity contribution in [2.24, 2.45) is 0 Å². The molecule has 0 aliphatic heterocycles. The molecule has 0 saturated heterocycles. The smallest absolute Gasteiger partial charge is 0.337 e. The fraction of sp³-hybridized carbons (Fsp3) is 0.200. The summed E-state index contributed by atoms with van der Waals surface area (Å²) in [7, 11) is 0. The van der Waals surface area contributed by atoms with Gasteiger partial charge in [0, 0.05) is 17.8 Å². The summed E-state index contributed by atoms with van der Waals surface area (Å²) in [5.74, 6) is 0.854. The van der Waals surface area contributed by atoms with Crippen molar-refractivity contribution in [1.29, 1.82) is 0 Å². The van der Waals surface area contributed by atoms with E-state index < -0.39 is 5.97 Å². The number of carbonyl (C=O) groups is 1. The van der Waals surface area contributed by atoms with E-state index in [-0.39, 0.29) is 11.7 Å². The maximum absolute atomic E-state index is 11.7. The van der Waals surface area contributed by atoms with Crippen LogP contribution in [0, 0.1) is 13.8 Å². The molecule has 2 N–H and O–H groups in total. The summed E-state index contributed by atoms with van der Waals surface area (Å²) in [4.78, 5) is 20.8. The molecule has 0 saturated carbocycles. The zero-order valence-electron chi connectivity index (χ0n) is 18.9. The number of anilines is 2. The molecule has 8 nitrogen and oxygen atoms in total. The summed E-state index contributed by atoms with van der Waals surface area (Å²) < 4.78 is 7.48. The number of carboxylic acid groups (broad SMARTS) is 1. The van der Waals surface area contributed by atoms with Crippen LogP contribution in [0.1, 0.15) is 35.6 Å². The van der Waals surface area contributed by atoms with Gasteiger partial charge in [-0.05, 0) is 52.0 Å². The Hall–Kier alpha value is -4.20. The molecule has 0 radical (unpaired) electrons. The van der Waals surface area contributed by atoms with Crippen LogP contribution >= 0.6 is 0 Å². The van der Waals surface area contributed by atoms with Gasteiger partial charge >= 0.3 is 5.97 Å². The number of hydrogen-bond acceptors (Lipinski definition) is 6. The Balaban J connectivity index is 1.84. The molecular formula is C25H25N5O3. The van der Waals surface area contributed by atoms with Gasteiger partial charge in [0.2, 0.25) is 0 Å². The monoisotopic (exact) mass is 443 g/mol. The highest BCUT2D eigenvalue weighted by Crippen LogP contribution is 2.30. The topological polar surface area (TPSA) is 102 Å². The standard InChI is InChI=1S/C25H25N5O3/c1-15(2)33-19-9-7-8-18(12-19)22-13-23(28-21-11-6-5-10-20(21)25(31)32)30(29-22)24-17(4)26-14-16(3)27-24/h5-15,28H,1-4H3,(H,31,32). The Bertz CT molecular complexity index is 1310. The first-order chi connectivity index (χ1) is 15.8. The van der Waals surface area contributed by atoms with Crippen LogP contribution in [0.5, 0.6) is 5.75 Å². The number of carboxylic acids is 1. The van der Waals surface area contributed by atoms with E-state index in [2.05, 4.69) is 15.3 Å². The molecule has 0 spiro atoms. The zero-order valence-corrected chi connectivity index (χ0v) is 18.9. The molecule has 0 fully saturated rings. The minimum atomic E-state index is -1.02. The van der Waals surface area contributed by atoms with Gasteiger partial charge in [-0.2, -0.15) is 9.78 Å². The predicted molar refractivity (Wildman–Crippen MR) is 127 cm³/mol. The van der Waals surface area contributed by atoms with Crippen LogP contribution in [0.3, 0.4) is 0 Å². The van der Waals surface area contributed by atoms with Crippen molar-refractivity contribution in [2.45, 2.75) is 33.8 Å². The average Bonchev–Trinajstić information content (AvgIpc) is 3.19. The predicted octanol–water partition coefficient (Wildman–Crippen LogP) is 5.18.